The van der Waals surface area contributed by atoms with E-state index in [1.165, 1.54) is 19.3 Å². The highest BCUT2D eigenvalue weighted by Gasteiger charge is 1.98. The molecule has 0 aromatic carbocycles. The molecule has 0 saturated carbocycles. The first kappa shape index (κ1) is 10.1. The van der Waals surface area contributed by atoms with E-state index in [1.807, 2.05) is 17.8 Å². The monoisotopic (exact) mass is 157 g/mol. The first-order valence-corrected chi connectivity index (χ1v) is 5.08. The lowest BCUT2D eigenvalue weighted by molar-refractivity contribution is 0.703. The van der Waals surface area contributed by atoms with Crippen LogP contribution in [0.2, 0.25) is 0 Å². The van der Waals surface area contributed by atoms with Crippen molar-refractivity contribution in [2.24, 2.45) is 0 Å². The van der Waals surface area contributed by atoms with Gasteiger partial charge in [-0.25, -0.2) is 0 Å². The Hall–Kier alpha value is 0.0900. The first-order valence-electron chi connectivity index (χ1n) is 3.79. The lowest BCUT2D eigenvalue weighted by Gasteiger charge is -2.06. The molecule has 0 bridgehead atoms. The molecule has 1 atom stereocenters. The molecule has 0 N–H and O–H groups in total. The Morgan fingerprint density at radius 1 is 1.50 bits per heavy atom. The number of unbranched alkanes of at least 4 members (excludes halogenated alkanes) is 2. The SMILES string of the molecule is [CH2]CCCCC(C=C)SC. The Bertz CT molecular complexity index is 78.8. The van der Waals surface area contributed by atoms with Gasteiger partial charge in [-0.15, -0.1) is 6.58 Å². The molecule has 1 unspecified atom stereocenters. The zero-order chi connectivity index (χ0) is 7.82. The molecule has 1 heteroatoms. The summed E-state index contributed by atoms with van der Waals surface area (Å²) in [5.74, 6) is 0. The maximum Gasteiger partial charge on any atom is 0.0221 e. The van der Waals surface area contributed by atoms with E-state index in [1.54, 1.807) is 0 Å². The summed E-state index contributed by atoms with van der Waals surface area (Å²) in [7, 11) is 0. The van der Waals surface area contributed by atoms with Gasteiger partial charge in [-0.1, -0.05) is 32.3 Å². The highest BCUT2D eigenvalue weighted by Crippen LogP contribution is 2.15. The van der Waals surface area contributed by atoms with Crippen molar-refractivity contribution in [3.8, 4) is 0 Å². The smallest absolute Gasteiger partial charge is 0.0221 e. The predicted molar refractivity (Wildman–Crippen MR) is 51.3 cm³/mol. The Labute approximate surface area is 69.1 Å². The van der Waals surface area contributed by atoms with Crippen molar-refractivity contribution < 1.29 is 0 Å². The van der Waals surface area contributed by atoms with Gasteiger partial charge in [-0.2, -0.15) is 11.8 Å². The lowest BCUT2D eigenvalue weighted by atomic mass is 10.1. The molecular formula is C9H17S. The second-order valence-electron chi connectivity index (χ2n) is 2.36. The average molecular weight is 157 g/mol. The quantitative estimate of drug-likeness (QED) is 0.421. The van der Waals surface area contributed by atoms with Gasteiger partial charge in [0.15, 0.2) is 0 Å². The summed E-state index contributed by atoms with van der Waals surface area (Å²) < 4.78 is 0. The van der Waals surface area contributed by atoms with Gasteiger partial charge in [0.1, 0.15) is 0 Å². The third kappa shape index (κ3) is 4.92. The fourth-order valence-corrected chi connectivity index (χ4v) is 1.45. The van der Waals surface area contributed by atoms with Crippen molar-refractivity contribution in [2.45, 2.75) is 30.9 Å². The standard InChI is InChI=1S/C9H17S/c1-4-6-7-8-9(5-2)10-3/h5,9H,1-2,4,6-8H2,3H3. The predicted octanol–water partition coefficient (Wildman–Crippen LogP) is 3.30. The molecule has 59 valence electrons. The molecule has 0 rings (SSSR count). The Balaban J connectivity index is 3.17. The van der Waals surface area contributed by atoms with E-state index in [0.717, 1.165) is 6.42 Å². The van der Waals surface area contributed by atoms with Crippen molar-refractivity contribution >= 4 is 11.8 Å². The second-order valence-corrected chi connectivity index (χ2v) is 3.44. The van der Waals surface area contributed by atoms with Crippen LogP contribution in [-0.4, -0.2) is 11.5 Å². The molecule has 0 aliphatic carbocycles. The molecule has 0 nitrogen and oxygen atoms in total. The molecule has 0 amide bonds. The van der Waals surface area contributed by atoms with E-state index in [4.69, 9.17) is 0 Å². The van der Waals surface area contributed by atoms with Crippen molar-refractivity contribution in [3.05, 3.63) is 19.6 Å². The van der Waals surface area contributed by atoms with Gasteiger partial charge in [-0.05, 0) is 12.7 Å². The highest BCUT2D eigenvalue weighted by atomic mass is 32.2. The van der Waals surface area contributed by atoms with Gasteiger partial charge in [0.05, 0.1) is 0 Å². The number of rotatable bonds is 6. The number of hydrogen-bond donors (Lipinski definition) is 0. The molecule has 0 aromatic rings. The van der Waals surface area contributed by atoms with Gasteiger partial charge in [-0.3, -0.25) is 0 Å². The minimum Gasteiger partial charge on any atom is -0.158 e. The molecule has 0 aromatic heterocycles. The third-order valence-corrected chi connectivity index (χ3v) is 2.59. The van der Waals surface area contributed by atoms with Crippen molar-refractivity contribution in [3.63, 3.8) is 0 Å². The van der Waals surface area contributed by atoms with Crippen LogP contribution >= 0.6 is 11.8 Å². The Morgan fingerprint density at radius 2 is 2.20 bits per heavy atom. The second kappa shape index (κ2) is 7.20. The van der Waals surface area contributed by atoms with Crippen LogP contribution in [-0.2, 0) is 0 Å². The lowest BCUT2D eigenvalue weighted by Crippen LogP contribution is -1.95. The summed E-state index contributed by atoms with van der Waals surface area (Å²) in [4.78, 5) is 0. The van der Waals surface area contributed by atoms with E-state index in [0.29, 0.717) is 5.25 Å². The highest BCUT2D eigenvalue weighted by molar-refractivity contribution is 7.99. The van der Waals surface area contributed by atoms with Crippen LogP contribution in [0.15, 0.2) is 12.7 Å². The zero-order valence-electron chi connectivity index (χ0n) is 6.81. The Morgan fingerprint density at radius 3 is 2.60 bits per heavy atom. The van der Waals surface area contributed by atoms with Crippen LogP contribution in [0.1, 0.15) is 25.7 Å². The van der Waals surface area contributed by atoms with Gasteiger partial charge in [0.25, 0.3) is 0 Å². The van der Waals surface area contributed by atoms with Gasteiger partial charge in [0.2, 0.25) is 0 Å². The van der Waals surface area contributed by atoms with Gasteiger partial charge in [0, 0.05) is 5.25 Å². The fourth-order valence-electron chi connectivity index (χ4n) is 0.854. The van der Waals surface area contributed by atoms with E-state index in [-0.39, 0.29) is 0 Å². The molecule has 0 aliphatic heterocycles. The molecule has 0 heterocycles. The molecule has 0 aliphatic rings. The largest absolute Gasteiger partial charge is 0.158 e. The van der Waals surface area contributed by atoms with Gasteiger partial charge >= 0.3 is 0 Å². The molecule has 0 fully saturated rings. The van der Waals surface area contributed by atoms with Crippen LogP contribution in [0, 0.1) is 6.92 Å². The normalized spacial score (nSPS) is 13.0. The van der Waals surface area contributed by atoms with Crippen molar-refractivity contribution in [1.29, 1.82) is 0 Å². The summed E-state index contributed by atoms with van der Waals surface area (Å²) in [6, 6.07) is 0. The summed E-state index contributed by atoms with van der Waals surface area (Å²) in [5, 5.41) is 0.659. The molecule has 10 heavy (non-hydrogen) atoms. The number of hydrogen-bond acceptors (Lipinski definition) is 1. The molecule has 0 saturated heterocycles. The van der Waals surface area contributed by atoms with Crippen LogP contribution in [0.3, 0.4) is 0 Å². The van der Waals surface area contributed by atoms with Crippen LogP contribution < -0.4 is 0 Å². The summed E-state index contributed by atoms with van der Waals surface area (Å²) >= 11 is 1.88. The summed E-state index contributed by atoms with van der Waals surface area (Å²) in [6.07, 6.45) is 9.05. The molecular weight excluding hydrogens is 140 g/mol. The Kier molecular flexibility index (Phi) is 7.26. The summed E-state index contributed by atoms with van der Waals surface area (Å²) in [6.45, 7) is 7.58. The third-order valence-electron chi connectivity index (χ3n) is 1.55. The molecule has 1 radical (unpaired) electrons. The van der Waals surface area contributed by atoms with Crippen LogP contribution in [0.4, 0.5) is 0 Å². The van der Waals surface area contributed by atoms with E-state index in [2.05, 4.69) is 19.8 Å². The minimum absolute atomic E-state index is 0.659. The van der Waals surface area contributed by atoms with Crippen molar-refractivity contribution in [2.75, 3.05) is 6.26 Å². The molecule has 0 spiro atoms. The fraction of sp³-hybridized carbons (Fsp3) is 0.667. The minimum atomic E-state index is 0.659. The van der Waals surface area contributed by atoms with Crippen LogP contribution in [0.5, 0.6) is 0 Å². The van der Waals surface area contributed by atoms with E-state index in [9.17, 15) is 0 Å². The van der Waals surface area contributed by atoms with Crippen molar-refractivity contribution in [1.82, 2.24) is 0 Å². The maximum absolute atomic E-state index is 3.80. The zero-order valence-corrected chi connectivity index (χ0v) is 7.62. The summed E-state index contributed by atoms with van der Waals surface area (Å²) in [5.41, 5.74) is 0. The number of thioether (sulfide) groups is 1. The van der Waals surface area contributed by atoms with E-state index < -0.39 is 0 Å². The topological polar surface area (TPSA) is 0 Å². The van der Waals surface area contributed by atoms with E-state index >= 15 is 0 Å². The average Bonchev–Trinajstić information content (AvgIpc) is 1.99. The van der Waals surface area contributed by atoms with Gasteiger partial charge < -0.3 is 0 Å². The first-order chi connectivity index (χ1) is 4.85. The van der Waals surface area contributed by atoms with Crippen LogP contribution in [0.25, 0.3) is 0 Å². The maximum atomic E-state index is 3.80.